The lowest BCUT2D eigenvalue weighted by Crippen LogP contribution is -2.49. The lowest BCUT2D eigenvalue weighted by Gasteiger charge is -2.25. The molecule has 6 nitrogen and oxygen atoms in total. The van der Waals surface area contributed by atoms with Gasteiger partial charge in [-0.2, -0.15) is 43.2 Å². The summed E-state index contributed by atoms with van der Waals surface area (Å²) in [5.41, 5.74) is -14.1. The van der Waals surface area contributed by atoms with Gasteiger partial charge in [-0.05, 0) is 11.4 Å². The summed E-state index contributed by atoms with van der Waals surface area (Å²) in [5, 5.41) is 9.65. The third kappa shape index (κ3) is 3.02. The van der Waals surface area contributed by atoms with E-state index in [1.54, 1.807) is 0 Å². The molecule has 15 heteroatoms. The number of aliphatic hydroxyl groups is 1. The van der Waals surface area contributed by atoms with Gasteiger partial charge in [0.2, 0.25) is 0 Å². The summed E-state index contributed by atoms with van der Waals surface area (Å²) in [4.78, 5) is -0.708. The van der Waals surface area contributed by atoms with E-state index in [1.165, 1.54) is 0 Å². The average Bonchev–Trinajstić information content (AvgIpc) is 2.73. The monoisotopic (exact) mass is 393 g/mol. The van der Waals surface area contributed by atoms with Crippen LogP contribution in [0.2, 0.25) is 0 Å². The van der Waals surface area contributed by atoms with Gasteiger partial charge in [0.1, 0.15) is 0 Å². The predicted molar refractivity (Wildman–Crippen MR) is 62.7 cm³/mol. The number of halogens is 6. The molecular weight excluding hydrogens is 388 g/mol. The molecule has 0 saturated carbocycles. The Hall–Kier alpha value is -1.06. The van der Waals surface area contributed by atoms with Crippen LogP contribution in [0.3, 0.4) is 0 Å². The van der Waals surface area contributed by atoms with Crippen LogP contribution < -0.4 is 3.71 Å². The molecule has 22 heavy (non-hydrogen) atoms. The number of nitrogens with zero attached hydrogens (tertiary/aromatic N) is 1. The molecule has 1 aromatic rings. The molecule has 128 valence electrons. The fraction of sp³-hybridized carbons (Fsp3) is 0.429. The minimum absolute atomic E-state index is 0.376. The summed E-state index contributed by atoms with van der Waals surface area (Å²) in [7, 11) is -13.8. The molecule has 0 unspecified atom stereocenters. The highest BCUT2D eigenvalue weighted by Crippen LogP contribution is 2.41. The first-order chi connectivity index (χ1) is 9.68. The van der Waals surface area contributed by atoms with E-state index in [2.05, 4.69) is 0 Å². The van der Waals surface area contributed by atoms with Crippen LogP contribution in [0.4, 0.5) is 32.0 Å². The van der Waals surface area contributed by atoms with Crippen molar-refractivity contribution in [1.29, 1.82) is 0 Å². The van der Waals surface area contributed by atoms with Gasteiger partial charge in [-0.3, -0.25) is 0 Å². The zero-order valence-electron chi connectivity index (χ0n) is 9.88. The smallest absolute Gasteiger partial charge is 0.391 e. The van der Waals surface area contributed by atoms with Crippen LogP contribution in [0.5, 0.6) is 0 Å². The van der Waals surface area contributed by atoms with Gasteiger partial charge in [-0.15, -0.1) is 15.0 Å². The van der Waals surface area contributed by atoms with Crippen LogP contribution in [-0.4, -0.2) is 33.0 Å². The minimum atomic E-state index is -6.91. The summed E-state index contributed by atoms with van der Waals surface area (Å²) >= 11 is 0.376. The largest absolute Gasteiger partial charge is 0.517 e. The highest BCUT2D eigenvalue weighted by atomic mass is 32.3. The minimum Gasteiger partial charge on any atom is -0.391 e. The van der Waals surface area contributed by atoms with Gasteiger partial charge in [0.25, 0.3) is 0 Å². The van der Waals surface area contributed by atoms with Gasteiger partial charge in [-0.25, -0.2) is 0 Å². The molecule has 0 aliphatic carbocycles. The molecule has 0 aliphatic rings. The van der Waals surface area contributed by atoms with Crippen molar-refractivity contribution in [2.24, 2.45) is 0 Å². The number of anilines is 1. The molecule has 0 saturated heterocycles. The van der Waals surface area contributed by atoms with E-state index >= 15 is 0 Å². The quantitative estimate of drug-likeness (QED) is 0.787. The first-order valence-electron chi connectivity index (χ1n) is 4.78. The third-order valence-electron chi connectivity index (χ3n) is 2.08. The lowest BCUT2D eigenvalue weighted by molar-refractivity contribution is -0.0462. The van der Waals surface area contributed by atoms with Crippen LogP contribution in [-0.2, 0) is 26.7 Å². The number of hydrogen-bond donors (Lipinski definition) is 1. The Kier molecular flexibility index (Phi) is 4.78. The second-order valence-corrected chi connectivity index (χ2v) is 8.27. The Balaban J connectivity index is 3.78. The van der Waals surface area contributed by atoms with Crippen molar-refractivity contribution in [3.8, 4) is 0 Å². The standard InChI is InChI=1S/C7H5F6NO5S3/c8-6(9,10)21(16,17)14(22(18,19)7(11,12)13)4-1-2-20-5(4)3-15/h1-2,15H,3H2. The molecule has 0 atom stereocenters. The lowest BCUT2D eigenvalue weighted by atomic mass is 10.4. The third-order valence-corrected chi connectivity index (χ3v) is 6.59. The number of thiophene rings is 1. The molecule has 0 spiro atoms. The summed E-state index contributed by atoms with van der Waals surface area (Å²) in [6.45, 7) is -1.16. The van der Waals surface area contributed by atoms with Gasteiger partial charge in [0.05, 0.1) is 17.2 Å². The molecule has 1 heterocycles. The number of alkyl halides is 6. The van der Waals surface area contributed by atoms with Crippen molar-refractivity contribution in [3.63, 3.8) is 0 Å². The van der Waals surface area contributed by atoms with Crippen molar-refractivity contribution in [3.05, 3.63) is 16.3 Å². The van der Waals surface area contributed by atoms with E-state index in [-0.39, 0.29) is 0 Å². The number of rotatable bonds is 4. The number of sulfonamides is 2. The van der Waals surface area contributed by atoms with Gasteiger partial charge in [-0.1, -0.05) is 0 Å². The molecule has 0 bridgehead atoms. The second-order valence-electron chi connectivity index (χ2n) is 3.49. The van der Waals surface area contributed by atoms with E-state index in [0.29, 0.717) is 17.4 Å². The van der Waals surface area contributed by atoms with Crippen LogP contribution in [0.25, 0.3) is 0 Å². The van der Waals surface area contributed by atoms with Crippen molar-refractivity contribution >= 4 is 37.1 Å². The first kappa shape index (κ1) is 19.0. The van der Waals surface area contributed by atoms with Crippen LogP contribution in [0, 0.1) is 0 Å². The molecular formula is C7H5F6NO5S3. The first-order valence-corrected chi connectivity index (χ1v) is 8.54. The molecule has 0 radical (unpaired) electrons. The fourth-order valence-corrected chi connectivity index (χ4v) is 4.80. The van der Waals surface area contributed by atoms with Gasteiger partial charge >= 0.3 is 31.1 Å². The Bertz CT molecular complexity index is 702. The van der Waals surface area contributed by atoms with Crippen LogP contribution in [0.1, 0.15) is 4.88 Å². The van der Waals surface area contributed by atoms with E-state index in [1.807, 2.05) is 0 Å². The van der Waals surface area contributed by atoms with Crippen molar-refractivity contribution in [2.75, 3.05) is 3.71 Å². The molecule has 1 aromatic heterocycles. The molecule has 1 N–H and O–H groups in total. The highest BCUT2D eigenvalue weighted by Gasteiger charge is 2.62. The maximum atomic E-state index is 12.5. The van der Waals surface area contributed by atoms with Gasteiger partial charge < -0.3 is 5.11 Å². The Morgan fingerprint density at radius 1 is 1.00 bits per heavy atom. The topological polar surface area (TPSA) is 91.8 Å². The SMILES string of the molecule is O=S(=O)(N(c1ccsc1CO)S(=O)(=O)C(F)(F)F)C(F)(F)F. The average molecular weight is 393 g/mol. The molecule has 0 aromatic carbocycles. The summed E-state index contributed by atoms with van der Waals surface area (Å²) in [6, 6.07) is 0.406. The van der Waals surface area contributed by atoms with Crippen molar-refractivity contribution in [1.82, 2.24) is 0 Å². The fourth-order valence-electron chi connectivity index (χ4n) is 1.19. The van der Waals surface area contributed by atoms with Crippen LogP contribution in [0.15, 0.2) is 11.4 Å². The Morgan fingerprint density at radius 3 is 1.73 bits per heavy atom. The Labute approximate surface area is 123 Å². The number of aliphatic hydroxyl groups excluding tert-OH is 1. The summed E-state index contributed by atoms with van der Waals surface area (Å²) < 4.78 is 118. The van der Waals surface area contributed by atoms with E-state index in [0.717, 1.165) is 5.38 Å². The molecule has 0 fully saturated rings. The van der Waals surface area contributed by atoms with E-state index in [9.17, 15) is 43.2 Å². The number of hydrogen-bond acceptors (Lipinski definition) is 6. The van der Waals surface area contributed by atoms with Crippen molar-refractivity contribution < 1.29 is 48.3 Å². The van der Waals surface area contributed by atoms with Gasteiger partial charge in [0.15, 0.2) is 0 Å². The Morgan fingerprint density at radius 2 is 1.41 bits per heavy atom. The predicted octanol–water partition coefficient (Wildman–Crippen LogP) is 1.75. The summed E-state index contributed by atoms with van der Waals surface area (Å²) in [6.07, 6.45) is 0. The zero-order chi connectivity index (χ0) is 17.6. The van der Waals surface area contributed by atoms with Crippen LogP contribution >= 0.6 is 11.3 Å². The normalized spacial score (nSPS) is 14.1. The maximum Gasteiger partial charge on any atom is 0.517 e. The van der Waals surface area contributed by atoms with E-state index < -0.39 is 51.9 Å². The summed E-state index contributed by atoms with van der Waals surface area (Å²) in [5.74, 6) is 0. The maximum absolute atomic E-state index is 12.5. The highest BCUT2D eigenvalue weighted by molar-refractivity contribution is 8.11. The molecule has 0 amide bonds. The zero-order valence-corrected chi connectivity index (χ0v) is 12.3. The molecule has 1 rings (SSSR count). The molecule has 0 aliphatic heterocycles. The second kappa shape index (κ2) is 5.54. The van der Waals surface area contributed by atoms with Crippen molar-refractivity contribution in [2.45, 2.75) is 17.6 Å². The van der Waals surface area contributed by atoms with Gasteiger partial charge in [0, 0.05) is 0 Å². The van der Waals surface area contributed by atoms with E-state index in [4.69, 9.17) is 5.11 Å².